The number of carbonyl (C=O) groups is 1. The van der Waals surface area contributed by atoms with Crippen LogP contribution >= 0.6 is 34.8 Å². The summed E-state index contributed by atoms with van der Waals surface area (Å²) in [6.45, 7) is 7.54. The first kappa shape index (κ1) is 23.0. The number of hydrogen-bond acceptors (Lipinski definition) is 3. The molecule has 152 valence electrons. The van der Waals surface area contributed by atoms with E-state index < -0.39 is 0 Å². The Bertz CT molecular complexity index is 785. The third kappa shape index (κ3) is 7.26. The highest BCUT2D eigenvalue weighted by atomic mass is 35.5. The van der Waals surface area contributed by atoms with E-state index in [0.717, 1.165) is 35.8 Å². The zero-order chi connectivity index (χ0) is 20.5. The summed E-state index contributed by atoms with van der Waals surface area (Å²) in [4.78, 5) is 14.4. The molecule has 1 unspecified atom stereocenters. The smallest absolute Gasteiger partial charge is 0.234 e. The molecule has 2 N–H and O–H groups in total. The van der Waals surface area contributed by atoms with E-state index >= 15 is 0 Å². The molecule has 0 bridgehead atoms. The summed E-state index contributed by atoms with van der Waals surface area (Å²) in [5.74, 6) is -0.0623. The molecule has 0 radical (unpaired) electrons. The van der Waals surface area contributed by atoms with Crippen LogP contribution < -0.4 is 10.6 Å². The summed E-state index contributed by atoms with van der Waals surface area (Å²) in [6.07, 6.45) is 0. The quantitative estimate of drug-likeness (QED) is 0.512. The average Bonchev–Trinajstić information content (AvgIpc) is 2.67. The number of hydrogen-bond donors (Lipinski definition) is 2. The topological polar surface area (TPSA) is 44.4 Å². The van der Waals surface area contributed by atoms with Crippen LogP contribution in [-0.4, -0.2) is 37.0 Å². The van der Waals surface area contributed by atoms with Crippen molar-refractivity contribution in [2.45, 2.75) is 26.4 Å². The second kappa shape index (κ2) is 11.6. The van der Waals surface area contributed by atoms with Gasteiger partial charge in [-0.3, -0.25) is 9.69 Å². The standard InChI is InChI=1S/C21H26Cl3N3O/c1-3-27(14-17-6-4-5-7-18(17)22)11-10-25-13-21(28)26-15(2)16-8-9-19(23)20(24)12-16/h4-9,12,15,25H,3,10-11,13-14H2,1-2H3,(H,26,28). The van der Waals surface area contributed by atoms with Crippen molar-refractivity contribution in [3.8, 4) is 0 Å². The van der Waals surface area contributed by atoms with Crippen molar-refractivity contribution < 1.29 is 4.79 Å². The molecule has 2 aromatic rings. The van der Waals surface area contributed by atoms with E-state index in [4.69, 9.17) is 34.8 Å². The van der Waals surface area contributed by atoms with E-state index in [1.54, 1.807) is 12.1 Å². The van der Waals surface area contributed by atoms with E-state index in [0.29, 0.717) is 16.6 Å². The molecular formula is C21H26Cl3N3O. The van der Waals surface area contributed by atoms with Crippen LogP contribution in [0, 0.1) is 0 Å². The van der Waals surface area contributed by atoms with Crippen molar-refractivity contribution >= 4 is 40.7 Å². The number of amides is 1. The summed E-state index contributed by atoms with van der Waals surface area (Å²) in [5.41, 5.74) is 2.03. The van der Waals surface area contributed by atoms with Gasteiger partial charge in [0.2, 0.25) is 5.91 Å². The fourth-order valence-corrected chi connectivity index (χ4v) is 3.32. The van der Waals surface area contributed by atoms with E-state index in [9.17, 15) is 4.79 Å². The van der Waals surface area contributed by atoms with E-state index in [-0.39, 0.29) is 18.5 Å². The van der Waals surface area contributed by atoms with Gasteiger partial charge >= 0.3 is 0 Å². The molecule has 0 aliphatic rings. The lowest BCUT2D eigenvalue weighted by Crippen LogP contribution is -2.38. The molecule has 2 aromatic carbocycles. The van der Waals surface area contributed by atoms with Gasteiger partial charge in [-0.25, -0.2) is 0 Å². The normalized spacial score (nSPS) is 12.2. The molecule has 2 rings (SSSR count). The van der Waals surface area contributed by atoms with Crippen molar-refractivity contribution in [2.24, 2.45) is 0 Å². The Hall–Kier alpha value is -1.30. The first-order chi connectivity index (χ1) is 13.4. The lowest BCUT2D eigenvalue weighted by Gasteiger charge is -2.21. The summed E-state index contributed by atoms with van der Waals surface area (Å²) < 4.78 is 0. The molecule has 0 spiro atoms. The van der Waals surface area contributed by atoms with Crippen molar-refractivity contribution in [3.63, 3.8) is 0 Å². The molecule has 0 saturated heterocycles. The molecule has 7 heteroatoms. The highest BCUT2D eigenvalue weighted by Crippen LogP contribution is 2.25. The number of rotatable bonds is 10. The second-order valence-corrected chi connectivity index (χ2v) is 7.82. The van der Waals surface area contributed by atoms with Crippen LogP contribution in [0.25, 0.3) is 0 Å². The maximum absolute atomic E-state index is 12.2. The molecule has 0 saturated carbocycles. The zero-order valence-electron chi connectivity index (χ0n) is 16.1. The minimum Gasteiger partial charge on any atom is -0.348 e. The van der Waals surface area contributed by atoms with Gasteiger partial charge in [-0.1, -0.05) is 66.0 Å². The third-order valence-corrected chi connectivity index (χ3v) is 5.62. The Labute approximate surface area is 182 Å². The average molecular weight is 443 g/mol. The van der Waals surface area contributed by atoms with E-state index in [1.165, 1.54) is 0 Å². The summed E-state index contributed by atoms with van der Waals surface area (Å²) >= 11 is 18.2. The largest absolute Gasteiger partial charge is 0.348 e. The fourth-order valence-electron chi connectivity index (χ4n) is 2.81. The van der Waals surface area contributed by atoms with Crippen LogP contribution in [0.1, 0.15) is 31.0 Å². The molecular weight excluding hydrogens is 417 g/mol. The maximum atomic E-state index is 12.2. The highest BCUT2D eigenvalue weighted by Gasteiger charge is 2.11. The first-order valence-corrected chi connectivity index (χ1v) is 10.4. The van der Waals surface area contributed by atoms with Crippen LogP contribution in [0.5, 0.6) is 0 Å². The predicted molar refractivity (Wildman–Crippen MR) is 118 cm³/mol. The van der Waals surface area contributed by atoms with Gasteiger partial charge in [-0.05, 0) is 42.8 Å². The van der Waals surface area contributed by atoms with Crippen molar-refractivity contribution in [1.29, 1.82) is 0 Å². The Morgan fingerprint density at radius 3 is 2.50 bits per heavy atom. The van der Waals surface area contributed by atoms with Gasteiger partial charge in [0, 0.05) is 24.7 Å². The van der Waals surface area contributed by atoms with Crippen LogP contribution in [-0.2, 0) is 11.3 Å². The monoisotopic (exact) mass is 441 g/mol. The molecule has 0 aliphatic heterocycles. The van der Waals surface area contributed by atoms with Crippen LogP contribution in [0.4, 0.5) is 0 Å². The van der Waals surface area contributed by atoms with Gasteiger partial charge in [-0.2, -0.15) is 0 Å². The molecule has 1 atom stereocenters. The molecule has 0 heterocycles. The van der Waals surface area contributed by atoms with Gasteiger partial charge in [0.15, 0.2) is 0 Å². The Morgan fingerprint density at radius 2 is 1.82 bits per heavy atom. The van der Waals surface area contributed by atoms with Gasteiger partial charge in [0.25, 0.3) is 0 Å². The molecule has 1 amide bonds. The summed E-state index contributed by atoms with van der Waals surface area (Å²) in [6, 6.07) is 13.1. The Morgan fingerprint density at radius 1 is 1.07 bits per heavy atom. The highest BCUT2D eigenvalue weighted by molar-refractivity contribution is 6.42. The Kier molecular flexibility index (Phi) is 9.56. The number of carbonyl (C=O) groups excluding carboxylic acids is 1. The lowest BCUT2D eigenvalue weighted by atomic mass is 10.1. The summed E-state index contributed by atoms with van der Waals surface area (Å²) in [7, 11) is 0. The minimum atomic E-state index is -0.142. The van der Waals surface area contributed by atoms with E-state index in [2.05, 4.69) is 22.5 Å². The van der Waals surface area contributed by atoms with Gasteiger partial charge in [0.1, 0.15) is 0 Å². The predicted octanol–water partition coefficient (Wildman–Crippen LogP) is 4.94. The van der Waals surface area contributed by atoms with Crippen LogP contribution in [0.15, 0.2) is 42.5 Å². The number of nitrogens with zero attached hydrogens (tertiary/aromatic N) is 1. The number of halogens is 3. The van der Waals surface area contributed by atoms with E-state index in [1.807, 2.05) is 37.3 Å². The molecule has 4 nitrogen and oxygen atoms in total. The summed E-state index contributed by atoms with van der Waals surface area (Å²) in [5, 5.41) is 7.92. The van der Waals surface area contributed by atoms with Crippen molar-refractivity contribution in [3.05, 3.63) is 68.7 Å². The fraction of sp³-hybridized carbons (Fsp3) is 0.381. The van der Waals surface area contributed by atoms with Crippen LogP contribution in [0.3, 0.4) is 0 Å². The Balaban J connectivity index is 1.72. The van der Waals surface area contributed by atoms with Gasteiger partial charge < -0.3 is 10.6 Å². The number of benzene rings is 2. The molecule has 0 fully saturated rings. The third-order valence-electron chi connectivity index (χ3n) is 4.51. The van der Waals surface area contributed by atoms with Crippen molar-refractivity contribution in [2.75, 3.05) is 26.2 Å². The molecule has 28 heavy (non-hydrogen) atoms. The van der Waals surface area contributed by atoms with Crippen molar-refractivity contribution in [1.82, 2.24) is 15.5 Å². The maximum Gasteiger partial charge on any atom is 0.234 e. The second-order valence-electron chi connectivity index (χ2n) is 6.60. The number of likely N-dealkylation sites (N-methyl/N-ethyl adjacent to an activating group) is 1. The molecule has 0 aromatic heterocycles. The lowest BCUT2D eigenvalue weighted by molar-refractivity contribution is -0.120. The minimum absolute atomic E-state index is 0.0623. The number of nitrogens with one attached hydrogen (secondary N) is 2. The zero-order valence-corrected chi connectivity index (χ0v) is 18.4. The first-order valence-electron chi connectivity index (χ1n) is 9.31. The molecule has 0 aliphatic carbocycles. The SMILES string of the molecule is CCN(CCNCC(=O)NC(C)c1ccc(Cl)c(Cl)c1)Cc1ccccc1Cl. The van der Waals surface area contributed by atoms with Crippen LogP contribution in [0.2, 0.25) is 15.1 Å². The van der Waals surface area contributed by atoms with Gasteiger partial charge in [-0.15, -0.1) is 0 Å². The van der Waals surface area contributed by atoms with Gasteiger partial charge in [0.05, 0.1) is 22.6 Å².